The van der Waals surface area contributed by atoms with Gasteiger partial charge in [0.25, 0.3) is 0 Å². The van der Waals surface area contributed by atoms with Crippen molar-refractivity contribution in [2.75, 3.05) is 11.9 Å². The first kappa shape index (κ1) is 18.4. The summed E-state index contributed by atoms with van der Waals surface area (Å²) in [5, 5.41) is 0. The molecule has 2 aliphatic rings. The lowest BCUT2D eigenvalue weighted by molar-refractivity contribution is -0.122. The van der Waals surface area contributed by atoms with Crippen molar-refractivity contribution in [1.82, 2.24) is 0 Å². The Kier molecular flexibility index (Phi) is 4.10. The standard InChI is InChI=1S/C26H20FNO2/c1-26-16-22(17-10-4-3-5-11-17)30-24(18-12-6-8-14-20(18)27)23(26)19-13-7-9-15-21(19)28(2)25(26)29/h3-16H,1-2H3. The zero-order valence-electron chi connectivity index (χ0n) is 16.7. The summed E-state index contributed by atoms with van der Waals surface area (Å²) >= 11 is 0. The molecule has 30 heavy (non-hydrogen) atoms. The number of hydrogen-bond acceptors (Lipinski definition) is 2. The van der Waals surface area contributed by atoms with Crippen LogP contribution in [0.2, 0.25) is 0 Å². The molecular weight excluding hydrogens is 377 g/mol. The van der Waals surface area contributed by atoms with Gasteiger partial charge in [0.05, 0.1) is 16.7 Å². The molecule has 0 saturated heterocycles. The maximum Gasteiger partial charge on any atom is 0.241 e. The van der Waals surface area contributed by atoms with Crippen molar-refractivity contribution in [2.45, 2.75) is 6.92 Å². The number of benzene rings is 3. The molecule has 0 radical (unpaired) electrons. The Bertz CT molecular complexity index is 1230. The largest absolute Gasteiger partial charge is 0.456 e. The van der Waals surface area contributed by atoms with E-state index < -0.39 is 5.41 Å². The van der Waals surface area contributed by atoms with Crippen molar-refractivity contribution in [3.63, 3.8) is 0 Å². The summed E-state index contributed by atoms with van der Waals surface area (Å²) in [5.74, 6) is 0.453. The minimum Gasteiger partial charge on any atom is -0.456 e. The number of carbonyl (C=O) groups is 1. The lowest BCUT2D eigenvalue weighted by Gasteiger charge is -2.42. The molecule has 0 N–H and O–H groups in total. The average molecular weight is 397 g/mol. The van der Waals surface area contributed by atoms with Gasteiger partial charge < -0.3 is 9.64 Å². The Morgan fingerprint density at radius 3 is 2.23 bits per heavy atom. The van der Waals surface area contributed by atoms with E-state index in [1.165, 1.54) is 6.07 Å². The summed E-state index contributed by atoms with van der Waals surface area (Å²) in [6.45, 7) is 1.88. The zero-order chi connectivity index (χ0) is 20.9. The van der Waals surface area contributed by atoms with E-state index in [-0.39, 0.29) is 11.7 Å². The molecule has 1 unspecified atom stereocenters. The Hall–Kier alpha value is -3.66. The molecule has 0 bridgehead atoms. The van der Waals surface area contributed by atoms with E-state index in [9.17, 15) is 9.18 Å². The highest BCUT2D eigenvalue weighted by Gasteiger charge is 2.48. The van der Waals surface area contributed by atoms with Crippen LogP contribution in [0, 0.1) is 11.2 Å². The number of anilines is 1. The minimum atomic E-state index is -0.996. The smallest absolute Gasteiger partial charge is 0.241 e. The van der Waals surface area contributed by atoms with Crippen LogP contribution in [0.25, 0.3) is 17.1 Å². The summed E-state index contributed by atoms with van der Waals surface area (Å²) in [4.78, 5) is 15.2. The molecule has 0 spiro atoms. The van der Waals surface area contributed by atoms with Gasteiger partial charge in [0.1, 0.15) is 17.3 Å². The highest BCUT2D eigenvalue weighted by atomic mass is 19.1. The highest BCUT2D eigenvalue weighted by Crippen LogP contribution is 2.54. The van der Waals surface area contributed by atoms with Gasteiger partial charge in [-0.05, 0) is 31.2 Å². The molecule has 0 aromatic heterocycles. The summed E-state index contributed by atoms with van der Waals surface area (Å²) in [7, 11) is 1.78. The number of para-hydroxylation sites is 1. The van der Waals surface area contributed by atoms with E-state index in [1.807, 2.05) is 67.6 Å². The summed E-state index contributed by atoms with van der Waals surface area (Å²) in [6, 6.07) is 23.8. The molecule has 1 amide bonds. The predicted octanol–water partition coefficient (Wildman–Crippen LogP) is 5.75. The third-order valence-corrected chi connectivity index (χ3v) is 5.84. The average Bonchev–Trinajstić information content (AvgIpc) is 2.78. The van der Waals surface area contributed by atoms with Crippen LogP contribution in [0.1, 0.15) is 23.6 Å². The van der Waals surface area contributed by atoms with Crippen molar-refractivity contribution in [3.8, 4) is 0 Å². The maximum absolute atomic E-state index is 14.9. The second-order valence-electron chi connectivity index (χ2n) is 7.74. The van der Waals surface area contributed by atoms with Gasteiger partial charge in [-0.15, -0.1) is 0 Å². The molecule has 0 aliphatic carbocycles. The molecule has 2 aliphatic heterocycles. The van der Waals surface area contributed by atoms with Crippen LogP contribution in [0.3, 0.4) is 0 Å². The summed E-state index contributed by atoms with van der Waals surface area (Å²) in [6.07, 6.45) is 1.86. The second kappa shape index (κ2) is 6.70. The van der Waals surface area contributed by atoms with E-state index in [4.69, 9.17) is 4.74 Å². The van der Waals surface area contributed by atoms with Crippen molar-refractivity contribution in [1.29, 1.82) is 0 Å². The van der Waals surface area contributed by atoms with Crippen LogP contribution in [-0.4, -0.2) is 13.0 Å². The van der Waals surface area contributed by atoms with Gasteiger partial charge in [-0.1, -0.05) is 60.7 Å². The van der Waals surface area contributed by atoms with Crippen molar-refractivity contribution < 1.29 is 13.9 Å². The van der Waals surface area contributed by atoms with Crippen molar-refractivity contribution in [3.05, 3.63) is 107 Å². The van der Waals surface area contributed by atoms with E-state index in [0.717, 1.165) is 16.8 Å². The van der Waals surface area contributed by atoms with Gasteiger partial charge in [0, 0.05) is 23.7 Å². The van der Waals surface area contributed by atoms with E-state index in [1.54, 1.807) is 30.1 Å². The molecule has 0 saturated carbocycles. The fourth-order valence-corrected chi connectivity index (χ4v) is 4.35. The predicted molar refractivity (Wildman–Crippen MR) is 117 cm³/mol. The summed E-state index contributed by atoms with van der Waals surface area (Å²) < 4.78 is 21.3. The molecule has 3 aromatic carbocycles. The van der Waals surface area contributed by atoms with Gasteiger partial charge in [0.15, 0.2) is 0 Å². The van der Waals surface area contributed by atoms with E-state index in [0.29, 0.717) is 22.7 Å². The molecule has 1 atom stereocenters. The lowest BCUT2D eigenvalue weighted by Crippen LogP contribution is -2.45. The van der Waals surface area contributed by atoms with E-state index in [2.05, 4.69) is 0 Å². The lowest BCUT2D eigenvalue weighted by atomic mass is 9.71. The second-order valence-corrected chi connectivity index (χ2v) is 7.74. The monoisotopic (exact) mass is 397 g/mol. The molecule has 3 aromatic rings. The fourth-order valence-electron chi connectivity index (χ4n) is 4.35. The zero-order valence-corrected chi connectivity index (χ0v) is 16.7. The highest BCUT2D eigenvalue weighted by molar-refractivity contribution is 6.18. The molecule has 2 heterocycles. The topological polar surface area (TPSA) is 29.5 Å². The van der Waals surface area contributed by atoms with Gasteiger partial charge in [-0.3, -0.25) is 4.79 Å². The quantitative estimate of drug-likeness (QED) is 0.551. The summed E-state index contributed by atoms with van der Waals surface area (Å²) in [5.41, 5.74) is 2.51. The number of hydrogen-bond donors (Lipinski definition) is 0. The molecule has 0 fully saturated rings. The van der Waals surface area contributed by atoms with Gasteiger partial charge in [-0.25, -0.2) is 4.39 Å². The van der Waals surface area contributed by atoms with Crippen molar-refractivity contribution >= 4 is 28.7 Å². The first-order valence-electron chi connectivity index (χ1n) is 9.84. The first-order valence-corrected chi connectivity index (χ1v) is 9.84. The first-order chi connectivity index (χ1) is 14.5. The number of halogens is 1. The van der Waals surface area contributed by atoms with Crippen LogP contribution in [0.4, 0.5) is 10.1 Å². The van der Waals surface area contributed by atoms with Crippen LogP contribution >= 0.6 is 0 Å². The minimum absolute atomic E-state index is 0.0817. The third-order valence-electron chi connectivity index (χ3n) is 5.84. The van der Waals surface area contributed by atoms with Gasteiger partial charge in [0.2, 0.25) is 5.91 Å². The number of amides is 1. The van der Waals surface area contributed by atoms with Crippen LogP contribution in [0.5, 0.6) is 0 Å². The number of fused-ring (bicyclic) bond motifs is 3. The van der Waals surface area contributed by atoms with E-state index >= 15 is 0 Å². The number of ether oxygens (including phenoxy) is 1. The SMILES string of the molecule is CN1C(=O)C2(C)C=C(c3ccccc3)OC(c3ccccc3F)=C2c2ccccc21. The number of carbonyl (C=O) groups excluding carboxylic acids is 1. The van der Waals surface area contributed by atoms with Gasteiger partial charge in [-0.2, -0.15) is 0 Å². The number of nitrogens with zero attached hydrogens (tertiary/aromatic N) is 1. The number of rotatable bonds is 2. The Labute approximate surface area is 174 Å². The van der Waals surface area contributed by atoms with Crippen LogP contribution in [0.15, 0.2) is 84.9 Å². The van der Waals surface area contributed by atoms with Crippen molar-refractivity contribution in [2.24, 2.45) is 5.41 Å². The Morgan fingerprint density at radius 1 is 0.867 bits per heavy atom. The maximum atomic E-state index is 14.9. The third kappa shape index (κ3) is 2.61. The Balaban J connectivity index is 1.85. The molecular formula is C26H20FNO2. The van der Waals surface area contributed by atoms with Crippen LogP contribution in [-0.2, 0) is 9.53 Å². The normalized spacial score (nSPS) is 20.3. The van der Waals surface area contributed by atoms with Crippen LogP contribution < -0.4 is 4.90 Å². The Morgan fingerprint density at radius 2 is 1.50 bits per heavy atom. The molecule has 3 nitrogen and oxygen atoms in total. The molecule has 5 rings (SSSR count). The molecule has 4 heteroatoms. The van der Waals surface area contributed by atoms with Gasteiger partial charge >= 0.3 is 0 Å². The fraction of sp³-hybridized carbons (Fsp3) is 0.115. The molecule has 148 valence electrons.